The molecule has 0 aliphatic carbocycles. The Labute approximate surface area is 200 Å². The fraction of sp³-hybridized carbons (Fsp3) is 0.731. The van der Waals surface area contributed by atoms with Gasteiger partial charge in [0.2, 0.25) is 11.8 Å². The van der Waals surface area contributed by atoms with E-state index in [4.69, 9.17) is 6.42 Å². The van der Waals surface area contributed by atoms with E-state index in [-0.39, 0.29) is 23.3 Å². The second-order valence-corrected chi connectivity index (χ2v) is 11.1. The second kappa shape index (κ2) is 11.2. The number of terminal acetylenes is 1. The first-order chi connectivity index (χ1) is 15.0. The molecule has 0 aromatic carbocycles. The van der Waals surface area contributed by atoms with E-state index in [1.54, 1.807) is 18.0 Å². The molecule has 0 saturated carbocycles. The maximum absolute atomic E-state index is 13.6. The van der Waals surface area contributed by atoms with Gasteiger partial charge in [-0.1, -0.05) is 53.0 Å². The third-order valence-corrected chi connectivity index (χ3v) is 6.51. The Hall–Kier alpha value is -2.33. The lowest BCUT2D eigenvalue weighted by molar-refractivity contribution is -0.142. The zero-order valence-electron chi connectivity index (χ0n) is 21.9. The molecule has 1 rings (SSSR count). The molecule has 2 N–H and O–H groups in total. The first kappa shape index (κ1) is 28.7. The fourth-order valence-corrected chi connectivity index (χ4v) is 4.27. The van der Waals surface area contributed by atoms with Crippen molar-refractivity contribution in [3.05, 3.63) is 11.6 Å². The van der Waals surface area contributed by atoms with Gasteiger partial charge in [0.05, 0.1) is 17.6 Å². The van der Waals surface area contributed by atoms with Crippen LogP contribution in [0.15, 0.2) is 11.6 Å². The predicted molar refractivity (Wildman–Crippen MR) is 131 cm³/mol. The average Bonchev–Trinajstić information content (AvgIpc) is 2.73. The van der Waals surface area contributed by atoms with Crippen LogP contribution in [0.4, 0.5) is 0 Å². The zero-order chi connectivity index (χ0) is 25.7. The fourth-order valence-electron chi connectivity index (χ4n) is 4.27. The van der Waals surface area contributed by atoms with Crippen LogP contribution in [0.5, 0.6) is 0 Å². The standard InChI is InChI=1S/C26H43N3O4/c1-11-26(8,9)29-15-13-12-14-19(29)22(30)27-21(25(5,6)7)23(31)28(10)20(17(2)3)16-18(4)24(32)33/h1,16-17,19-21H,12-15H2,2-10H3,(H,27,30)(H,32,33)/t19-,20-,21-/m1/s1. The molecule has 0 bridgehead atoms. The highest BCUT2D eigenvalue weighted by molar-refractivity contribution is 5.91. The number of hydrogen-bond donors (Lipinski definition) is 2. The number of rotatable bonds is 8. The van der Waals surface area contributed by atoms with Crippen LogP contribution in [0.25, 0.3) is 0 Å². The first-order valence-corrected chi connectivity index (χ1v) is 11.8. The van der Waals surface area contributed by atoms with Gasteiger partial charge in [-0.25, -0.2) is 4.79 Å². The summed E-state index contributed by atoms with van der Waals surface area (Å²) in [5.74, 6) is 1.32. The average molecular weight is 462 g/mol. The molecule has 1 heterocycles. The van der Waals surface area contributed by atoms with E-state index in [1.807, 2.05) is 48.5 Å². The zero-order valence-corrected chi connectivity index (χ0v) is 21.9. The number of piperidine rings is 1. The minimum Gasteiger partial charge on any atom is -0.478 e. The van der Waals surface area contributed by atoms with Crippen LogP contribution in [0.2, 0.25) is 0 Å². The Morgan fingerprint density at radius 1 is 1.18 bits per heavy atom. The first-order valence-electron chi connectivity index (χ1n) is 11.8. The molecule has 0 spiro atoms. The molecule has 1 aliphatic rings. The lowest BCUT2D eigenvalue weighted by Crippen LogP contribution is -2.62. The van der Waals surface area contributed by atoms with Gasteiger partial charge < -0.3 is 15.3 Å². The van der Waals surface area contributed by atoms with Crippen molar-refractivity contribution in [3.63, 3.8) is 0 Å². The number of carbonyl (C=O) groups is 3. The summed E-state index contributed by atoms with van der Waals surface area (Å²) >= 11 is 0. The van der Waals surface area contributed by atoms with Gasteiger partial charge in [0, 0.05) is 19.2 Å². The van der Waals surface area contributed by atoms with Gasteiger partial charge in [-0.2, -0.15) is 0 Å². The van der Waals surface area contributed by atoms with Crippen LogP contribution in [-0.4, -0.2) is 69.9 Å². The predicted octanol–water partition coefficient (Wildman–Crippen LogP) is 3.30. The summed E-state index contributed by atoms with van der Waals surface area (Å²) in [6.45, 7) is 15.7. The van der Waals surface area contributed by atoms with Gasteiger partial charge in [-0.15, -0.1) is 6.42 Å². The third kappa shape index (κ3) is 7.33. The van der Waals surface area contributed by atoms with Crippen LogP contribution in [0, 0.1) is 23.7 Å². The topological polar surface area (TPSA) is 90.0 Å². The van der Waals surface area contributed by atoms with Crippen LogP contribution >= 0.6 is 0 Å². The van der Waals surface area contributed by atoms with Gasteiger partial charge in [0.15, 0.2) is 0 Å². The molecule has 1 fully saturated rings. The third-order valence-electron chi connectivity index (χ3n) is 6.51. The van der Waals surface area contributed by atoms with E-state index in [9.17, 15) is 19.5 Å². The largest absolute Gasteiger partial charge is 0.478 e. The Morgan fingerprint density at radius 3 is 2.21 bits per heavy atom. The molecule has 2 amide bonds. The molecule has 33 heavy (non-hydrogen) atoms. The van der Waals surface area contributed by atoms with Crippen molar-refractivity contribution in [1.82, 2.24) is 15.1 Å². The van der Waals surface area contributed by atoms with Crippen LogP contribution < -0.4 is 5.32 Å². The lowest BCUT2D eigenvalue weighted by atomic mass is 9.84. The minimum atomic E-state index is -1.02. The maximum Gasteiger partial charge on any atom is 0.331 e. The molecule has 7 nitrogen and oxygen atoms in total. The SMILES string of the molecule is C#CC(C)(C)N1CCCC[C@@H]1C(=O)N[C@H](C(=O)N(C)[C@H](C=C(C)C(=O)O)C(C)C)C(C)(C)C. The molecule has 1 aliphatic heterocycles. The molecular formula is C26H43N3O4. The summed E-state index contributed by atoms with van der Waals surface area (Å²) in [4.78, 5) is 42.0. The molecule has 3 atom stereocenters. The van der Waals surface area contributed by atoms with Crippen molar-refractivity contribution in [1.29, 1.82) is 0 Å². The highest BCUT2D eigenvalue weighted by atomic mass is 16.4. The molecular weight excluding hydrogens is 418 g/mol. The Bertz CT molecular complexity index is 801. The highest BCUT2D eigenvalue weighted by Crippen LogP contribution is 2.28. The summed E-state index contributed by atoms with van der Waals surface area (Å²) in [5, 5.41) is 12.3. The highest BCUT2D eigenvalue weighted by Gasteiger charge is 2.41. The minimum absolute atomic E-state index is 0.00478. The summed E-state index contributed by atoms with van der Waals surface area (Å²) < 4.78 is 0. The van der Waals surface area contributed by atoms with Crippen molar-refractivity contribution in [2.24, 2.45) is 11.3 Å². The molecule has 0 radical (unpaired) electrons. The summed E-state index contributed by atoms with van der Waals surface area (Å²) in [7, 11) is 1.66. The maximum atomic E-state index is 13.6. The van der Waals surface area contributed by atoms with Gasteiger partial charge >= 0.3 is 5.97 Å². The molecule has 0 unspecified atom stereocenters. The number of likely N-dealkylation sites (tertiary alicyclic amines) is 1. The van der Waals surface area contributed by atoms with Gasteiger partial charge in [0.1, 0.15) is 6.04 Å². The summed E-state index contributed by atoms with van der Waals surface area (Å²) in [5.41, 5.74) is -0.934. The molecule has 0 aromatic heterocycles. The molecule has 0 aromatic rings. The number of carboxylic acid groups (broad SMARTS) is 1. The van der Waals surface area contributed by atoms with Crippen LogP contribution in [-0.2, 0) is 14.4 Å². The lowest BCUT2D eigenvalue weighted by Gasteiger charge is -2.44. The van der Waals surface area contributed by atoms with Crippen molar-refractivity contribution < 1.29 is 19.5 Å². The number of carboxylic acids is 1. The monoisotopic (exact) mass is 461 g/mol. The number of likely N-dealkylation sites (N-methyl/N-ethyl adjacent to an activating group) is 1. The molecule has 7 heteroatoms. The molecule has 1 saturated heterocycles. The van der Waals surface area contributed by atoms with E-state index >= 15 is 0 Å². The van der Waals surface area contributed by atoms with Gasteiger partial charge in [-0.3, -0.25) is 14.5 Å². The Morgan fingerprint density at radius 2 is 1.76 bits per heavy atom. The number of amides is 2. The molecule has 186 valence electrons. The van der Waals surface area contributed by atoms with Crippen molar-refractivity contribution >= 4 is 17.8 Å². The summed E-state index contributed by atoms with van der Waals surface area (Å²) in [6, 6.07) is -1.59. The van der Waals surface area contributed by atoms with E-state index in [2.05, 4.69) is 16.1 Å². The second-order valence-electron chi connectivity index (χ2n) is 11.1. The van der Waals surface area contributed by atoms with Crippen molar-refractivity contribution in [3.8, 4) is 12.3 Å². The number of carbonyl (C=O) groups excluding carboxylic acids is 2. The van der Waals surface area contributed by atoms with Gasteiger partial charge in [0.25, 0.3) is 0 Å². The number of nitrogens with one attached hydrogen (secondary N) is 1. The van der Waals surface area contributed by atoms with Crippen LogP contribution in [0.3, 0.4) is 0 Å². The van der Waals surface area contributed by atoms with Crippen molar-refractivity contribution in [2.45, 2.75) is 98.3 Å². The van der Waals surface area contributed by atoms with E-state index in [1.165, 1.54) is 6.92 Å². The summed E-state index contributed by atoms with van der Waals surface area (Å²) in [6.07, 6.45) is 9.94. The number of aliphatic carboxylic acids is 1. The Kier molecular flexibility index (Phi) is 9.74. The van der Waals surface area contributed by atoms with E-state index in [0.717, 1.165) is 19.4 Å². The Balaban J connectivity index is 3.23. The normalized spacial score (nSPS) is 20.0. The van der Waals surface area contributed by atoms with E-state index < -0.39 is 35.0 Å². The number of nitrogens with zero attached hydrogens (tertiary/aromatic N) is 2. The quantitative estimate of drug-likeness (QED) is 0.428. The smallest absolute Gasteiger partial charge is 0.331 e. The number of hydrogen-bond acceptors (Lipinski definition) is 4. The van der Waals surface area contributed by atoms with E-state index in [0.29, 0.717) is 6.42 Å². The van der Waals surface area contributed by atoms with Crippen LogP contribution in [0.1, 0.15) is 74.7 Å². The van der Waals surface area contributed by atoms with Gasteiger partial charge in [-0.05, 0) is 44.9 Å². The van der Waals surface area contributed by atoms with Crippen molar-refractivity contribution in [2.75, 3.05) is 13.6 Å².